The topological polar surface area (TPSA) is 61.2 Å². The van der Waals surface area contributed by atoms with Crippen LogP contribution in [0.4, 0.5) is 4.39 Å². The van der Waals surface area contributed by atoms with Crippen molar-refractivity contribution in [2.24, 2.45) is 0 Å². The van der Waals surface area contributed by atoms with E-state index >= 15 is 0 Å². The van der Waals surface area contributed by atoms with E-state index in [1.54, 1.807) is 6.92 Å². The lowest BCUT2D eigenvalue weighted by molar-refractivity contribution is 0.0600. The second-order valence-electron chi connectivity index (χ2n) is 5.77. The van der Waals surface area contributed by atoms with Crippen molar-refractivity contribution in [3.63, 3.8) is 0 Å². The number of nitrogens with zero attached hydrogens (tertiary/aromatic N) is 2. The van der Waals surface area contributed by atoms with Crippen molar-refractivity contribution in [2.75, 3.05) is 7.11 Å². The lowest BCUT2D eigenvalue weighted by Gasteiger charge is -2.12. The Balaban J connectivity index is 2.01. The molecule has 0 radical (unpaired) electrons. The van der Waals surface area contributed by atoms with Crippen LogP contribution in [0, 0.1) is 12.7 Å². The van der Waals surface area contributed by atoms with E-state index in [0.29, 0.717) is 11.4 Å². The SMILES string of the molecule is COC(=O)c1ccc(Cn2c(C)ncc(-c3ccccc3)c2=O)c(F)c1. The van der Waals surface area contributed by atoms with Gasteiger partial charge in [-0.2, -0.15) is 0 Å². The standard InChI is InChI=1S/C20H17FN2O3/c1-13-22-11-17(14-6-4-3-5-7-14)19(24)23(13)12-16-9-8-15(10-18(16)21)20(25)26-2/h3-11H,12H2,1-2H3. The number of rotatable bonds is 4. The fourth-order valence-corrected chi connectivity index (χ4v) is 2.67. The minimum atomic E-state index is -0.614. The summed E-state index contributed by atoms with van der Waals surface area (Å²) in [5, 5.41) is 0. The van der Waals surface area contributed by atoms with Crippen LogP contribution in [-0.4, -0.2) is 22.6 Å². The molecule has 0 saturated carbocycles. The zero-order chi connectivity index (χ0) is 18.7. The summed E-state index contributed by atoms with van der Waals surface area (Å²) < 4.78 is 20.4. The summed E-state index contributed by atoms with van der Waals surface area (Å²) in [4.78, 5) is 28.6. The van der Waals surface area contributed by atoms with Crippen molar-refractivity contribution in [2.45, 2.75) is 13.5 Å². The van der Waals surface area contributed by atoms with Gasteiger partial charge in [0.05, 0.1) is 24.8 Å². The third-order valence-corrected chi connectivity index (χ3v) is 4.13. The summed E-state index contributed by atoms with van der Waals surface area (Å²) in [6.07, 6.45) is 1.53. The van der Waals surface area contributed by atoms with Gasteiger partial charge in [0.25, 0.3) is 5.56 Å². The van der Waals surface area contributed by atoms with Crippen molar-refractivity contribution >= 4 is 5.97 Å². The van der Waals surface area contributed by atoms with Gasteiger partial charge in [-0.1, -0.05) is 36.4 Å². The van der Waals surface area contributed by atoms with Crippen molar-refractivity contribution in [1.29, 1.82) is 0 Å². The molecular formula is C20H17FN2O3. The minimum Gasteiger partial charge on any atom is -0.465 e. The van der Waals surface area contributed by atoms with E-state index in [4.69, 9.17) is 0 Å². The molecule has 0 saturated heterocycles. The van der Waals surface area contributed by atoms with Crippen molar-refractivity contribution in [3.05, 3.63) is 87.9 Å². The van der Waals surface area contributed by atoms with Crippen LogP contribution in [0.5, 0.6) is 0 Å². The summed E-state index contributed by atoms with van der Waals surface area (Å²) in [6.45, 7) is 1.71. The lowest BCUT2D eigenvalue weighted by atomic mass is 10.1. The second kappa shape index (κ2) is 7.31. The molecule has 0 fully saturated rings. The Hall–Kier alpha value is -3.28. The first-order chi connectivity index (χ1) is 12.5. The number of halogens is 1. The van der Waals surface area contributed by atoms with Crippen LogP contribution in [0.3, 0.4) is 0 Å². The molecule has 3 aromatic rings. The zero-order valence-electron chi connectivity index (χ0n) is 14.4. The molecule has 5 nitrogen and oxygen atoms in total. The van der Waals surface area contributed by atoms with Crippen LogP contribution in [0.1, 0.15) is 21.7 Å². The largest absolute Gasteiger partial charge is 0.465 e. The Morgan fingerprint density at radius 1 is 1.19 bits per heavy atom. The summed E-state index contributed by atoms with van der Waals surface area (Å²) in [5.74, 6) is -0.716. The fraction of sp³-hybridized carbons (Fsp3) is 0.150. The summed E-state index contributed by atoms with van der Waals surface area (Å²) in [6, 6.07) is 13.2. The first-order valence-corrected chi connectivity index (χ1v) is 8.00. The molecule has 2 aromatic carbocycles. The van der Waals surface area contributed by atoms with E-state index in [9.17, 15) is 14.0 Å². The number of methoxy groups -OCH3 is 1. The highest BCUT2D eigenvalue weighted by atomic mass is 19.1. The van der Waals surface area contributed by atoms with Gasteiger partial charge in [0.1, 0.15) is 11.6 Å². The molecule has 26 heavy (non-hydrogen) atoms. The molecule has 0 unspecified atom stereocenters. The molecule has 6 heteroatoms. The molecule has 1 heterocycles. The van der Waals surface area contributed by atoms with Crippen LogP contribution in [-0.2, 0) is 11.3 Å². The monoisotopic (exact) mass is 352 g/mol. The van der Waals surface area contributed by atoms with Crippen LogP contribution >= 0.6 is 0 Å². The Morgan fingerprint density at radius 2 is 1.92 bits per heavy atom. The van der Waals surface area contributed by atoms with Gasteiger partial charge in [-0.05, 0) is 24.6 Å². The van der Waals surface area contributed by atoms with Gasteiger partial charge in [0.2, 0.25) is 0 Å². The van der Waals surface area contributed by atoms with Crippen LogP contribution in [0.15, 0.2) is 59.5 Å². The van der Waals surface area contributed by atoms with Gasteiger partial charge >= 0.3 is 5.97 Å². The molecular weight excluding hydrogens is 335 g/mol. The first-order valence-electron chi connectivity index (χ1n) is 8.00. The van der Waals surface area contributed by atoms with Crippen LogP contribution < -0.4 is 5.56 Å². The van der Waals surface area contributed by atoms with Gasteiger partial charge < -0.3 is 4.74 Å². The average Bonchev–Trinajstić information content (AvgIpc) is 2.66. The predicted molar refractivity (Wildman–Crippen MR) is 95.5 cm³/mol. The van der Waals surface area contributed by atoms with Gasteiger partial charge in [0, 0.05) is 11.8 Å². The van der Waals surface area contributed by atoms with Crippen LogP contribution in [0.25, 0.3) is 11.1 Å². The number of ether oxygens (including phenoxy) is 1. The summed E-state index contributed by atoms with van der Waals surface area (Å²) in [7, 11) is 1.23. The van der Waals surface area contributed by atoms with Crippen molar-refractivity contribution in [3.8, 4) is 11.1 Å². The van der Waals surface area contributed by atoms with E-state index in [1.165, 1.54) is 30.0 Å². The number of carbonyl (C=O) groups excluding carboxylic acids is 1. The fourth-order valence-electron chi connectivity index (χ4n) is 2.67. The molecule has 0 amide bonds. The Kier molecular flexibility index (Phi) is 4.93. The number of esters is 1. The van der Waals surface area contributed by atoms with Gasteiger partial charge in [-0.25, -0.2) is 14.2 Å². The normalized spacial score (nSPS) is 10.6. The highest BCUT2D eigenvalue weighted by Crippen LogP contribution is 2.16. The van der Waals surface area contributed by atoms with Gasteiger partial charge in [0.15, 0.2) is 0 Å². The highest BCUT2D eigenvalue weighted by Gasteiger charge is 2.14. The molecule has 3 rings (SSSR count). The van der Waals surface area contributed by atoms with Crippen molar-refractivity contribution < 1.29 is 13.9 Å². The molecule has 132 valence electrons. The Morgan fingerprint density at radius 3 is 2.58 bits per heavy atom. The minimum absolute atomic E-state index is 0.0195. The highest BCUT2D eigenvalue weighted by molar-refractivity contribution is 5.89. The number of hydrogen-bond acceptors (Lipinski definition) is 4. The van der Waals surface area contributed by atoms with E-state index in [-0.39, 0.29) is 23.2 Å². The van der Waals surface area contributed by atoms with Crippen LogP contribution in [0.2, 0.25) is 0 Å². The first kappa shape index (κ1) is 17.5. The molecule has 0 N–H and O–H groups in total. The lowest BCUT2D eigenvalue weighted by Crippen LogP contribution is -2.26. The molecule has 1 aromatic heterocycles. The molecule has 0 bridgehead atoms. The third-order valence-electron chi connectivity index (χ3n) is 4.13. The average molecular weight is 352 g/mol. The second-order valence-corrected chi connectivity index (χ2v) is 5.77. The van der Waals surface area contributed by atoms with Crippen molar-refractivity contribution in [1.82, 2.24) is 9.55 Å². The van der Waals surface area contributed by atoms with E-state index < -0.39 is 11.8 Å². The molecule has 0 aliphatic rings. The number of carbonyl (C=O) groups is 1. The smallest absolute Gasteiger partial charge is 0.337 e. The summed E-state index contributed by atoms with van der Waals surface area (Å²) in [5.41, 5.74) is 1.35. The predicted octanol–water partition coefficient (Wildman–Crippen LogP) is 3.19. The Labute approximate surface area is 149 Å². The van der Waals surface area contributed by atoms with Gasteiger partial charge in [-0.15, -0.1) is 0 Å². The number of hydrogen-bond donors (Lipinski definition) is 0. The maximum absolute atomic E-state index is 14.4. The zero-order valence-corrected chi connectivity index (χ0v) is 14.4. The number of aromatic nitrogens is 2. The molecule has 0 aliphatic carbocycles. The molecule has 0 atom stereocenters. The van der Waals surface area contributed by atoms with E-state index in [0.717, 1.165) is 11.6 Å². The summed E-state index contributed by atoms with van der Waals surface area (Å²) >= 11 is 0. The van der Waals surface area contributed by atoms with E-state index in [1.807, 2.05) is 30.3 Å². The maximum atomic E-state index is 14.4. The number of aryl methyl sites for hydroxylation is 1. The number of benzene rings is 2. The van der Waals surface area contributed by atoms with E-state index in [2.05, 4.69) is 9.72 Å². The molecule has 0 spiro atoms. The Bertz CT molecular complexity index is 1010. The molecule has 0 aliphatic heterocycles. The quantitative estimate of drug-likeness (QED) is 0.677. The maximum Gasteiger partial charge on any atom is 0.337 e. The third kappa shape index (κ3) is 3.39. The van der Waals surface area contributed by atoms with Gasteiger partial charge in [-0.3, -0.25) is 9.36 Å².